The first kappa shape index (κ1) is 29.6. The maximum absolute atomic E-state index is 13.8. The number of pyridine rings is 1. The number of nitrogens with zero attached hydrogens (tertiary/aromatic N) is 1. The fourth-order valence-electron chi connectivity index (χ4n) is 6.42. The molecule has 1 aliphatic heterocycles. The second-order valence-electron chi connectivity index (χ2n) is 11.3. The molecule has 1 aliphatic rings. The van der Waals surface area contributed by atoms with E-state index in [1.54, 1.807) is 25.0 Å². The van der Waals surface area contributed by atoms with Gasteiger partial charge in [-0.2, -0.15) is 0 Å². The van der Waals surface area contributed by atoms with Crippen LogP contribution >= 0.6 is 0 Å². The van der Waals surface area contributed by atoms with E-state index in [0.29, 0.717) is 11.8 Å². The average Bonchev–Trinajstić information content (AvgIpc) is 3.46. The van der Waals surface area contributed by atoms with E-state index in [1.165, 1.54) is 0 Å². The Balaban J connectivity index is 1.47. The van der Waals surface area contributed by atoms with Gasteiger partial charge >= 0.3 is 0 Å². The number of aryl methyl sites for hydroxylation is 2. The minimum absolute atomic E-state index is 0.123. The number of ether oxygens (including phenoxy) is 4. The lowest BCUT2D eigenvalue weighted by Crippen LogP contribution is -2.40. The molecule has 226 valence electrons. The number of aliphatic hydroxyl groups is 1. The highest BCUT2D eigenvalue weighted by molar-refractivity contribution is 5.85. The number of fused-ring (bicyclic) bond motifs is 1. The topological polar surface area (TPSA) is 79.2 Å². The van der Waals surface area contributed by atoms with Gasteiger partial charge in [-0.15, -0.1) is 0 Å². The molecule has 2 heterocycles. The van der Waals surface area contributed by atoms with E-state index in [1.807, 2.05) is 111 Å². The number of aliphatic hydroxyl groups excluding tert-OH is 1. The van der Waals surface area contributed by atoms with Crippen molar-refractivity contribution >= 4 is 10.8 Å². The number of hydrogen-bond donors (Lipinski definition) is 1. The summed E-state index contributed by atoms with van der Waals surface area (Å²) in [4.78, 5) is 13.8. The molecule has 1 N–H and O–H groups in total. The molecular formula is C37H37NO6. The molecule has 6 rings (SSSR count). The lowest BCUT2D eigenvalue weighted by atomic mass is 9.79. The summed E-state index contributed by atoms with van der Waals surface area (Å²) in [6, 6.07) is 31.6. The van der Waals surface area contributed by atoms with E-state index in [0.717, 1.165) is 44.7 Å². The molecule has 5 aromatic rings. The lowest BCUT2D eigenvalue weighted by Gasteiger charge is -2.39. The molecule has 1 saturated heterocycles. The predicted molar refractivity (Wildman–Crippen MR) is 170 cm³/mol. The van der Waals surface area contributed by atoms with Crippen LogP contribution in [0.25, 0.3) is 10.8 Å². The zero-order valence-electron chi connectivity index (χ0n) is 25.4. The van der Waals surface area contributed by atoms with Crippen LogP contribution in [-0.4, -0.2) is 42.7 Å². The summed E-state index contributed by atoms with van der Waals surface area (Å²) >= 11 is 0. The molecule has 0 aliphatic carbocycles. The molecule has 3 atom stereocenters. The van der Waals surface area contributed by atoms with E-state index in [9.17, 15) is 9.90 Å². The van der Waals surface area contributed by atoms with Crippen molar-refractivity contribution in [2.75, 3.05) is 20.8 Å². The molecule has 7 heteroatoms. The molecule has 0 bridgehead atoms. The van der Waals surface area contributed by atoms with Gasteiger partial charge in [-0.1, -0.05) is 72.3 Å². The summed E-state index contributed by atoms with van der Waals surface area (Å²) < 4.78 is 26.2. The minimum atomic E-state index is -1.08. The Morgan fingerprint density at radius 3 is 2.00 bits per heavy atom. The maximum atomic E-state index is 13.8. The van der Waals surface area contributed by atoms with Gasteiger partial charge in [0, 0.05) is 12.6 Å². The summed E-state index contributed by atoms with van der Waals surface area (Å²) in [6.45, 7) is 3.71. The van der Waals surface area contributed by atoms with Crippen molar-refractivity contribution in [2.24, 2.45) is 0 Å². The highest BCUT2D eigenvalue weighted by Gasteiger charge is 2.46. The van der Waals surface area contributed by atoms with Crippen LogP contribution < -0.4 is 15.0 Å². The van der Waals surface area contributed by atoms with E-state index < -0.39 is 24.0 Å². The molecule has 1 aromatic heterocycles. The average molecular weight is 592 g/mol. The molecule has 7 nitrogen and oxygen atoms in total. The van der Waals surface area contributed by atoms with Gasteiger partial charge in [0.25, 0.3) is 5.56 Å². The number of rotatable bonds is 9. The first-order chi connectivity index (χ1) is 21.4. The van der Waals surface area contributed by atoms with Crippen molar-refractivity contribution in [3.05, 3.63) is 141 Å². The Morgan fingerprint density at radius 2 is 1.43 bits per heavy atom. The largest absolute Gasteiger partial charge is 0.497 e. The fourth-order valence-corrected chi connectivity index (χ4v) is 6.42. The van der Waals surface area contributed by atoms with E-state index in [-0.39, 0.29) is 12.2 Å². The number of hydrogen-bond acceptors (Lipinski definition) is 6. The van der Waals surface area contributed by atoms with Gasteiger partial charge in [0.05, 0.1) is 32.3 Å². The molecule has 0 spiro atoms. The van der Waals surface area contributed by atoms with E-state index in [2.05, 4.69) is 0 Å². The zero-order valence-corrected chi connectivity index (χ0v) is 25.4. The molecule has 1 fully saturated rings. The van der Waals surface area contributed by atoms with Crippen molar-refractivity contribution in [1.29, 1.82) is 0 Å². The SMILES string of the molecule is COc1ccc(C(O[C@@H]2C[C@H](n3ccc4cc(C)cc(C)c4c3=O)O[C@@H]2CO)(c2ccccc2)c2ccc(OC)cc2)cc1. The van der Waals surface area contributed by atoms with Crippen molar-refractivity contribution in [2.45, 2.75) is 44.3 Å². The number of benzene rings is 4. The van der Waals surface area contributed by atoms with Crippen LogP contribution in [0.15, 0.2) is 108 Å². The van der Waals surface area contributed by atoms with Gasteiger partial charge in [-0.25, -0.2) is 0 Å². The third-order valence-electron chi connectivity index (χ3n) is 8.55. The second kappa shape index (κ2) is 12.3. The van der Waals surface area contributed by atoms with Crippen LogP contribution in [0.1, 0.15) is 40.5 Å². The smallest absolute Gasteiger partial charge is 0.260 e. The second-order valence-corrected chi connectivity index (χ2v) is 11.3. The summed E-state index contributed by atoms with van der Waals surface area (Å²) in [5, 5.41) is 12.1. The Morgan fingerprint density at radius 1 is 0.841 bits per heavy atom. The molecule has 0 saturated carbocycles. The van der Waals surface area contributed by atoms with Crippen LogP contribution in [0, 0.1) is 13.8 Å². The van der Waals surface area contributed by atoms with Gasteiger partial charge in [0.2, 0.25) is 0 Å². The quantitative estimate of drug-likeness (QED) is 0.203. The standard InChI is InChI=1S/C37H37NO6/c1-24-20-25(2)35-26(21-24)18-19-38(36(35)40)34-22-32(33(23-39)43-34)44-37(27-8-6-5-7-9-27,28-10-14-30(41-3)15-11-28)29-12-16-31(42-4)17-13-29/h5-21,32-34,39H,22-23H2,1-4H3/t32-,33-,34-/m1/s1. The first-order valence-corrected chi connectivity index (χ1v) is 14.8. The Labute approximate surface area is 257 Å². The molecule has 0 unspecified atom stereocenters. The Bertz CT molecular complexity index is 1750. The zero-order chi connectivity index (χ0) is 30.8. The van der Waals surface area contributed by atoms with Crippen molar-refractivity contribution in [3.63, 3.8) is 0 Å². The molecule has 44 heavy (non-hydrogen) atoms. The van der Waals surface area contributed by atoms with Crippen LogP contribution in [0.2, 0.25) is 0 Å². The summed E-state index contributed by atoms with van der Waals surface area (Å²) in [5.74, 6) is 1.45. The third-order valence-corrected chi connectivity index (χ3v) is 8.55. The Kier molecular flexibility index (Phi) is 8.27. The third kappa shape index (κ3) is 5.28. The fraction of sp³-hybridized carbons (Fsp3) is 0.270. The molecular weight excluding hydrogens is 554 g/mol. The summed E-state index contributed by atoms with van der Waals surface area (Å²) in [5.41, 5.74) is 3.48. The van der Waals surface area contributed by atoms with Gasteiger partial charge in [0.15, 0.2) is 0 Å². The monoisotopic (exact) mass is 591 g/mol. The number of aromatic nitrogens is 1. The van der Waals surface area contributed by atoms with Crippen molar-refractivity contribution in [3.8, 4) is 11.5 Å². The van der Waals surface area contributed by atoms with Crippen LogP contribution in [0.3, 0.4) is 0 Å². The Hall–Kier alpha value is -4.43. The maximum Gasteiger partial charge on any atom is 0.260 e. The summed E-state index contributed by atoms with van der Waals surface area (Å²) in [6.07, 6.45) is 0.303. The highest BCUT2D eigenvalue weighted by Crippen LogP contribution is 2.45. The van der Waals surface area contributed by atoms with Crippen molar-refractivity contribution in [1.82, 2.24) is 4.57 Å². The first-order valence-electron chi connectivity index (χ1n) is 14.8. The predicted octanol–water partition coefficient (Wildman–Crippen LogP) is 6.29. The molecule has 0 amide bonds. The van der Waals surface area contributed by atoms with Gasteiger partial charge in [-0.05, 0) is 71.8 Å². The van der Waals surface area contributed by atoms with Gasteiger partial charge in [0.1, 0.15) is 29.4 Å². The number of methoxy groups -OCH3 is 2. The van der Waals surface area contributed by atoms with E-state index in [4.69, 9.17) is 18.9 Å². The summed E-state index contributed by atoms with van der Waals surface area (Å²) in [7, 11) is 3.28. The lowest BCUT2D eigenvalue weighted by molar-refractivity contribution is -0.0993. The van der Waals surface area contributed by atoms with Gasteiger partial charge < -0.3 is 24.1 Å². The van der Waals surface area contributed by atoms with E-state index >= 15 is 0 Å². The van der Waals surface area contributed by atoms with Gasteiger partial charge in [-0.3, -0.25) is 9.36 Å². The van der Waals surface area contributed by atoms with Crippen molar-refractivity contribution < 1.29 is 24.1 Å². The van der Waals surface area contributed by atoms with Crippen LogP contribution in [0.5, 0.6) is 11.5 Å². The van der Waals surface area contributed by atoms with Crippen LogP contribution in [0.4, 0.5) is 0 Å². The highest BCUT2D eigenvalue weighted by atomic mass is 16.6. The molecule has 4 aromatic carbocycles. The van der Waals surface area contributed by atoms with Crippen LogP contribution in [-0.2, 0) is 15.1 Å². The minimum Gasteiger partial charge on any atom is -0.497 e. The molecule has 0 radical (unpaired) electrons. The normalized spacial score (nSPS) is 18.4.